The molecule has 0 aromatic carbocycles. The Morgan fingerprint density at radius 3 is 2.56 bits per heavy atom. The van der Waals surface area contributed by atoms with Gasteiger partial charge < -0.3 is 19.1 Å². The molecule has 1 aromatic rings. The zero-order valence-electron chi connectivity index (χ0n) is 15.3. The lowest BCUT2D eigenvalue weighted by Gasteiger charge is -2.25. The van der Waals surface area contributed by atoms with Gasteiger partial charge in [0.2, 0.25) is 0 Å². The Labute approximate surface area is 149 Å². The van der Waals surface area contributed by atoms with Crippen LogP contribution in [0.3, 0.4) is 0 Å². The van der Waals surface area contributed by atoms with Crippen LogP contribution in [0.15, 0.2) is 10.6 Å². The van der Waals surface area contributed by atoms with Gasteiger partial charge in [0, 0.05) is 39.3 Å². The first kappa shape index (κ1) is 18.4. The molecule has 0 spiro atoms. The second-order valence-corrected chi connectivity index (χ2v) is 7.05. The van der Waals surface area contributed by atoms with Crippen LogP contribution in [0.1, 0.15) is 41.9 Å². The third kappa shape index (κ3) is 5.52. The molecule has 0 N–H and O–H groups in total. The SMILES string of the molecule is CN(CCN1CCCCCC1)C(=O)c1cc(CN2CCOCC2)on1. The van der Waals surface area contributed by atoms with Gasteiger partial charge in [-0.3, -0.25) is 9.69 Å². The Morgan fingerprint density at radius 2 is 1.84 bits per heavy atom. The molecule has 25 heavy (non-hydrogen) atoms. The smallest absolute Gasteiger partial charge is 0.275 e. The number of likely N-dealkylation sites (tertiary alicyclic amines) is 1. The van der Waals surface area contributed by atoms with Crippen molar-refractivity contribution in [2.75, 3.05) is 59.5 Å². The maximum Gasteiger partial charge on any atom is 0.275 e. The number of hydrogen-bond acceptors (Lipinski definition) is 6. The molecule has 3 heterocycles. The Hall–Kier alpha value is -1.44. The zero-order chi connectivity index (χ0) is 17.5. The van der Waals surface area contributed by atoms with Crippen molar-refractivity contribution in [2.45, 2.75) is 32.2 Å². The Morgan fingerprint density at radius 1 is 1.12 bits per heavy atom. The van der Waals surface area contributed by atoms with Gasteiger partial charge >= 0.3 is 0 Å². The number of carbonyl (C=O) groups excluding carboxylic acids is 1. The zero-order valence-corrected chi connectivity index (χ0v) is 15.3. The minimum absolute atomic E-state index is 0.0631. The second kappa shape index (κ2) is 9.31. The van der Waals surface area contributed by atoms with Crippen molar-refractivity contribution in [3.63, 3.8) is 0 Å². The lowest BCUT2D eigenvalue weighted by atomic mass is 10.2. The van der Waals surface area contributed by atoms with Crippen molar-refractivity contribution in [3.8, 4) is 0 Å². The average molecular weight is 350 g/mol. The van der Waals surface area contributed by atoms with Crippen molar-refractivity contribution < 1.29 is 14.1 Å². The van der Waals surface area contributed by atoms with Gasteiger partial charge in [-0.1, -0.05) is 18.0 Å². The van der Waals surface area contributed by atoms with Gasteiger partial charge in [-0.25, -0.2) is 0 Å². The molecule has 0 radical (unpaired) electrons. The summed E-state index contributed by atoms with van der Waals surface area (Å²) in [6.45, 7) is 7.91. The molecule has 0 atom stereocenters. The number of nitrogens with zero attached hydrogens (tertiary/aromatic N) is 4. The first-order valence-corrected chi connectivity index (χ1v) is 9.46. The van der Waals surface area contributed by atoms with E-state index in [9.17, 15) is 4.79 Å². The highest BCUT2D eigenvalue weighted by atomic mass is 16.5. The molecule has 1 amide bonds. The molecule has 0 saturated carbocycles. The maximum absolute atomic E-state index is 12.5. The van der Waals surface area contributed by atoms with Gasteiger partial charge in [0.1, 0.15) is 0 Å². The van der Waals surface area contributed by atoms with E-state index in [1.807, 2.05) is 7.05 Å². The fourth-order valence-corrected chi connectivity index (χ4v) is 3.42. The van der Waals surface area contributed by atoms with Gasteiger partial charge in [-0.2, -0.15) is 0 Å². The summed E-state index contributed by atoms with van der Waals surface area (Å²) < 4.78 is 10.7. The molecule has 1 aromatic heterocycles. The molecule has 140 valence electrons. The normalized spacial score (nSPS) is 20.4. The first-order chi connectivity index (χ1) is 12.2. The number of aromatic nitrogens is 1. The van der Waals surface area contributed by atoms with Crippen LogP contribution in [-0.4, -0.2) is 85.3 Å². The van der Waals surface area contributed by atoms with Gasteiger partial charge in [0.15, 0.2) is 11.5 Å². The summed E-state index contributed by atoms with van der Waals surface area (Å²) in [5, 5.41) is 3.97. The molecule has 0 bridgehead atoms. The van der Waals surface area contributed by atoms with E-state index in [1.165, 1.54) is 25.7 Å². The van der Waals surface area contributed by atoms with Crippen LogP contribution in [0, 0.1) is 0 Å². The minimum Gasteiger partial charge on any atom is -0.379 e. The Bertz CT molecular complexity index is 534. The van der Waals surface area contributed by atoms with Crippen molar-refractivity contribution in [3.05, 3.63) is 17.5 Å². The fourth-order valence-electron chi connectivity index (χ4n) is 3.42. The highest BCUT2D eigenvalue weighted by Gasteiger charge is 2.20. The molecular weight excluding hydrogens is 320 g/mol. The van der Waals surface area contributed by atoms with E-state index < -0.39 is 0 Å². The summed E-state index contributed by atoms with van der Waals surface area (Å²) >= 11 is 0. The molecule has 2 saturated heterocycles. The molecule has 0 unspecified atom stereocenters. The van der Waals surface area contributed by atoms with E-state index in [1.54, 1.807) is 11.0 Å². The second-order valence-electron chi connectivity index (χ2n) is 7.05. The molecule has 3 rings (SSSR count). The van der Waals surface area contributed by atoms with Crippen molar-refractivity contribution in [1.82, 2.24) is 19.9 Å². The lowest BCUT2D eigenvalue weighted by molar-refractivity contribution is 0.0305. The number of likely N-dealkylation sites (N-methyl/N-ethyl adjacent to an activating group) is 1. The van der Waals surface area contributed by atoms with Crippen LogP contribution in [0.4, 0.5) is 0 Å². The monoisotopic (exact) mass is 350 g/mol. The largest absolute Gasteiger partial charge is 0.379 e. The van der Waals surface area contributed by atoms with Crippen molar-refractivity contribution in [2.24, 2.45) is 0 Å². The van der Waals surface area contributed by atoms with Crippen LogP contribution in [0.5, 0.6) is 0 Å². The lowest BCUT2D eigenvalue weighted by Crippen LogP contribution is -2.37. The summed E-state index contributed by atoms with van der Waals surface area (Å²) in [6, 6.07) is 1.78. The van der Waals surface area contributed by atoms with E-state index in [4.69, 9.17) is 9.26 Å². The summed E-state index contributed by atoms with van der Waals surface area (Å²) in [4.78, 5) is 19.0. The third-order valence-electron chi connectivity index (χ3n) is 5.06. The van der Waals surface area contributed by atoms with Crippen LogP contribution < -0.4 is 0 Å². The summed E-state index contributed by atoms with van der Waals surface area (Å²) in [7, 11) is 1.84. The van der Waals surface area contributed by atoms with Crippen LogP contribution in [0.25, 0.3) is 0 Å². The average Bonchev–Trinajstić information content (AvgIpc) is 2.94. The van der Waals surface area contributed by atoms with Crippen molar-refractivity contribution in [1.29, 1.82) is 0 Å². The van der Waals surface area contributed by atoms with Crippen LogP contribution >= 0.6 is 0 Å². The molecule has 2 fully saturated rings. The maximum atomic E-state index is 12.5. The quantitative estimate of drug-likeness (QED) is 0.774. The molecule has 7 heteroatoms. The van der Waals surface area contributed by atoms with Gasteiger partial charge in [0.05, 0.1) is 19.8 Å². The topological polar surface area (TPSA) is 62.0 Å². The molecule has 7 nitrogen and oxygen atoms in total. The molecular formula is C18H30N4O3. The standard InChI is InChI=1S/C18H30N4O3/c1-20(8-9-21-6-4-2-3-5-7-21)18(23)17-14-16(25-19-17)15-22-10-12-24-13-11-22/h14H,2-13,15H2,1H3. The summed E-state index contributed by atoms with van der Waals surface area (Å²) in [6.07, 6.45) is 5.20. The van der Waals surface area contributed by atoms with Gasteiger partial charge in [-0.15, -0.1) is 0 Å². The summed E-state index contributed by atoms with van der Waals surface area (Å²) in [5.74, 6) is 0.679. The predicted octanol–water partition coefficient (Wildman–Crippen LogP) is 1.45. The number of carbonyl (C=O) groups is 1. The first-order valence-electron chi connectivity index (χ1n) is 9.46. The highest BCUT2D eigenvalue weighted by molar-refractivity contribution is 5.92. The van der Waals surface area contributed by atoms with E-state index in [2.05, 4.69) is 15.0 Å². The number of morpholine rings is 1. The molecule has 2 aliphatic heterocycles. The van der Waals surface area contributed by atoms with E-state index in [0.29, 0.717) is 12.2 Å². The fraction of sp³-hybridized carbons (Fsp3) is 0.778. The van der Waals surface area contributed by atoms with Gasteiger partial charge in [0.25, 0.3) is 5.91 Å². The molecule has 0 aliphatic carbocycles. The van der Waals surface area contributed by atoms with E-state index in [-0.39, 0.29) is 5.91 Å². The minimum atomic E-state index is -0.0631. The third-order valence-corrected chi connectivity index (χ3v) is 5.06. The Balaban J connectivity index is 1.46. The van der Waals surface area contributed by atoms with E-state index >= 15 is 0 Å². The number of amides is 1. The predicted molar refractivity (Wildman–Crippen MR) is 94.5 cm³/mol. The Kier molecular flexibility index (Phi) is 6.84. The number of ether oxygens (including phenoxy) is 1. The van der Waals surface area contributed by atoms with Crippen LogP contribution in [0.2, 0.25) is 0 Å². The number of hydrogen-bond donors (Lipinski definition) is 0. The van der Waals surface area contributed by atoms with E-state index in [0.717, 1.165) is 58.2 Å². The van der Waals surface area contributed by atoms with Crippen molar-refractivity contribution >= 4 is 5.91 Å². The number of rotatable bonds is 6. The van der Waals surface area contributed by atoms with Crippen LogP contribution in [-0.2, 0) is 11.3 Å². The summed E-state index contributed by atoms with van der Waals surface area (Å²) in [5.41, 5.74) is 0.404. The van der Waals surface area contributed by atoms with Gasteiger partial charge in [-0.05, 0) is 25.9 Å². The highest BCUT2D eigenvalue weighted by Crippen LogP contribution is 2.12. The molecule has 2 aliphatic rings.